The SMILES string of the molecule is CCOc1ccc(Cl)cc1/C=C1\SC(=Nc2cc(C)c(C)c([N+](=O)[O-])c2)NC1=O. The third-order valence-corrected chi connectivity index (χ3v) is 5.41. The fraction of sp³-hybridized carbons (Fsp3) is 0.200. The summed E-state index contributed by atoms with van der Waals surface area (Å²) in [5, 5.41) is 14.8. The summed E-state index contributed by atoms with van der Waals surface area (Å²) in [5.41, 5.74) is 2.42. The Balaban J connectivity index is 1.93. The highest BCUT2D eigenvalue weighted by atomic mass is 35.5. The first-order valence-electron chi connectivity index (χ1n) is 8.76. The van der Waals surface area contributed by atoms with Gasteiger partial charge in [0.15, 0.2) is 5.17 Å². The molecule has 1 N–H and O–H groups in total. The molecule has 0 aliphatic carbocycles. The van der Waals surface area contributed by atoms with Crippen LogP contribution in [0.25, 0.3) is 6.08 Å². The Morgan fingerprint density at radius 2 is 2.07 bits per heavy atom. The van der Waals surface area contributed by atoms with E-state index >= 15 is 0 Å². The van der Waals surface area contributed by atoms with Gasteiger partial charge in [-0.3, -0.25) is 14.9 Å². The summed E-state index contributed by atoms with van der Waals surface area (Å²) in [7, 11) is 0. The molecule has 1 fully saturated rings. The van der Waals surface area contributed by atoms with Gasteiger partial charge < -0.3 is 10.1 Å². The van der Waals surface area contributed by atoms with Gasteiger partial charge in [-0.05, 0) is 68.4 Å². The molecular weight excluding hydrogens is 414 g/mol. The smallest absolute Gasteiger partial charge is 0.274 e. The van der Waals surface area contributed by atoms with Crippen LogP contribution in [-0.2, 0) is 4.79 Å². The average molecular weight is 432 g/mol. The van der Waals surface area contributed by atoms with E-state index in [9.17, 15) is 14.9 Å². The van der Waals surface area contributed by atoms with Crippen molar-refractivity contribution in [2.75, 3.05) is 6.61 Å². The topological polar surface area (TPSA) is 93.8 Å². The molecule has 1 heterocycles. The molecular formula is C20H18ClN3O4S. The van der Waals surface area contributed by atoms with Crippen molar-refractivity contribution in [3.8, 4) is 5.75 Å². The number of hydrogen-bond donors (Lipinski definition) is 1. The van der Waals surface area contributed by atoms with Crippen molar-refractivity contribution in [2.45, 2.75) is 20.8 Å². The van der Waals surface area contributed by atoms with Crippen molar-refractivity contribution < 1.29 is 14.5 Å². The molecule has 2 aromatic rings. The van der Waals surface area contributed by atoms with Crippen molar-refractivity contribution in [3.63, 3.8) is 0 Å². The maximum atomic E-state index is 12.4. The predicted molar refractivity (Wildman–Crippen MR) is 116 cm³/mol. The summed E-state index contributed by atoms with van der Waals surface area (Å²) in [5.74, 6) is 0.308. The highest BCUT2D eigenvalue weighted by Crippen LogP contribution is 2.33. The highest BCUT2D eigenvalue weighted by molar-refractivity contribution is 8.18. The van der Waals surface area contributed by atoms with Gasteiger partial charge in [0, 0.05) is 22.2 Å². The minimum absolute atomic E-state index is 0.00489. The van der Waals surface area contributed by atoms with Crippen molar-refractivity contribution >= 4 is 51.9 Å². The van der Waals surface area contributed by atoms with Crippen molar-refractivity contribution in [1.82, 2.24) is 5.32 Å². The summed E-state index contributed by atoms with van der Waals surface area (Å²) in [6, 6.07) is 8.33. The van der Waals surface area contributed by atoms with Gasteiger partial charge in [0.25, 0.3) is 11.6 Å². The number of carbonyl (C=O) groups excluding carboxylic acids is 1. The van der Waals surface area contributed by atoms with Gasteiger partial charge >= 0.3 is 0 Å². The van der Waals surface area contributed by atoms with Crippen molar-refractivity contribution in [1.29, 1.82) is 0 Å². The maximum absolute atomic E-state index is 12.4. The molecule has 0 spiro atoms. The number of nitrogens with one attached hydrogen (secondary N) is 1. The van der Waals surface area contributed by atoms with Crippen LogP contribution in [0.1, 0.15) is 23.6 Å². The second-order valence-electron chi connectivity index (χ2n) is 6.26. The number of nitrogens with zero attached hydrogens (tertiary/aromatic N) is 2. The Hall–Kier alpha value is -2.84. The van der Waals surface area contributed by atoms with Gasteiger partial charge in [0.2, 0.25) is 0 Å². The van der Waals surface area contributed by atoms with Gasteiger partial charge in [-0.15, -0.1) is 0 Å². The van der Waals surface area contributed by atoms with Gasteiger partial charge in [0.1, 0.15) is 5.75 Å². The van der Waals surface area contributed by atoms with Gasteiger partial charge in [-0.2, -0.15) is 0 Å². The van der Waals surface area contributed by atoms with E-state index in [4.69, 9.17) is 16.3 Å². The van der Waals surface area contributed by atoms with Crippen LogP contribution in [0.15, 0.2) is 40.2 Å². The summed E-state index contributed by atoms with van der Waals surface area (Å²) < 4.78 is 5.58. The number of amides is 1. The minimum atomic E-state index is -0.438. The Labute approximate surface area is 177 Å². The lowest BCUT2D eigenvalue weighted by atomic mass is 10.1. The predicted octanol–water partition coefficient (Wildman–Crippen LogP) is 5.16. The van der Waals surface area contributed by atoms with E-state index in [1.165, 1.54) is 6.07 Å². The third-order valence-electron chi connectivity index (χ3n) is 4.26. The Bertz CT molecular complexity index is 1070. The normalized spacial score (nSPS) is 16.3. The molecule has 150 valence electrons. The molecule has 1 amide bonds. The third kappa shape index (κ3) is 4.78. The van der Waals surface area contributed by atoms with Crippen LogP contribution >= 0.6 is 23.4 Å². The molecule has 0 saturated carbocycles. The van der Waals surface area contributed by atoms with E-state index in [-0.39, 0.29) is 11.6 Å². The van der Waals surface area contributed by atoms with Crippen LogP contribution in [0.2, 0.25) is 5.02 Å². The number of halogens is 1. The zero-order valence-corrected chi connectivity index (χ0v) is 17.6. The van der Waals surface area contributed by atoms with Crippen LogP contribution in [0.3, 0.4) is 0 Å². The standard InChI is InChI=1S/C20H18ClN3O4S/c1-4-28-17-6-5-14(21)8-13(17)9-18-19(25)23-20(29-18)22-15-7-11(2)12(3)16(10-15)24(26)27/h5-10H,4H2,1-3H3,(H,22,23,25)/b18-9-. The molecule has 1 saturated heterocycles. The molecule has 0 atom stereocenters. The molecule has 1 aliphatic rings. The molecule has 3 rings (SSSR count). The molecule has 1 aliphatic heterocycles. The second-order valence-corrected chi connectivity index (χ2v) is 7.73. The minimum Gasteiger partial charge on any atom is -0.493 e. The molecule has 7 nitrogen and oxygen atoms in total. The number of carbonyl (C=O) groups is 1. The van der Waals surface area contributed by atoms with Gasteiger partial charge in [0.05, 0.1) is 22.1 Å². The molecule has 0 radical (unpaired) electrons. The summed E-state index contributed by atoms with van der Waals surface area (Å²) in [4.78, 5) is 28.0. The highest BCUT2D eigenvalue weighted by Gasteiger charge is 2.25. The molecule has 29 heavy (non-hydrogen) atoms. The van der Waals surface area contributed by atoms with E-state index in [0.717, 1.165) is 17.3 Å². The number of nitro groups is 1. The van der Waals surface area contributed by atoms with Gasteiger partial charge in [-0.1, -0.05) is 11.6 Å². The zero-order valence-electron chi connectivity index (χ0n) is 16.0. The molecule has 0 aromatic heterocycles. The number of hydrogen-bond acceptors (Lipinski definition) is 6. The van der Waals surface area contributed by atoms with Crippen LogP contribution in [0.5, 0.6) is 5.75 Å². The molecule has 9 heteroatoms. The fourth-order valence-corrected chi connectivity index (χ4v) is 3.75. The van der Waals surface area contributed by atoms with Crippen molar-refractivity contribution in [3.05, 3.63) is 67.1 Å². The second kappa shape index (κ2) is 8.67. The summed E-state index contributed by atoms with van der Waals surface area (Å²) >= 11 is 7.22. The van der Waals surface area contributed by atoms with E-state index in [1.807, 2.05) is 6.92 Å². The number of aliphatic imine (C=N–C) groups is 1. The van der Waals surface area contributed by atoms with Crippen LogP contribution in [0, 0.1) is 24.0 Å². The number of ether oxygens (including phenoxy) is 1. The quantitative estimate of drug-likeness (QED) is 0.401. The van der Waals surface area contributed by atoms with Gasteiger partial charge in [-0.25, -0.2) is 4.99 Å². The largest absolute Gasteiger partial charge is 0.493 e. The number of rotatable bonds is 5. The number of thioether (sulfide) groups is 1. The fourth-order valence-electron chi connectivity index (χ4n) is 2.73. The van der Waals surface area contributed by atoms with Crippen LogP contribution < -0.4 is 10.1 Å². The number of benzene rings is 2. The molecule has 0 bridgehead atoms. The monoisotopic (exact) mass is 431 g/mol. The van der Waals surface area contributed by atoms with Crippen LogP contribution in [-0.4, -0.2) is 22.6 Å². The maximum Gasteiger partial charge on any atom is 0.274 e. The zero-order chi connectivity index (χ0) is 21.1. The lowest BCUT2D eigenvalue weighted by Gasteiger charge is -2.07. The molecule has 2 aromatic carbocycles. The Morgan fingerprint density at radius 3 is 2.76 bits per heavy atom. The number of aryl methyl sites for hydroxylation is 1. The van der Waals surface area contributed by atoms with E-state index in [1.54, 1.807) is 44.2 Å². The first kappa shape index (κ1) is 20.9. The summed E-state index contributed by atoms with van der Waals surface area (Å²) in [6.07, 6.45) is 1.68. The van der Waals surface area contributed by atoms with Crippen molar-refractivity contribution in [2.24, 2.45) is 4.99 Å². The number of amidine groups is 1. The Morgan fingerprint density at radius 1 is 1.31 bits per heavy atom. The summed E-state index contributed by atoms with van der Waals surface area (Å²) in [6.45, 7) is 5.83. The Kier molecular flexibility index (Phi) is 6.24. The number of nitro benzene ring substituents is 1. The van der Waals surface area contributed by atoms with Crippen LogP contribution in [0.4, 0.5) is 11.4 Å². The average Bonchev–Trinajstić information content (AvgIpc) is 2.99. The first-order valence-corrected chi connectivity index (χ1v) is 9.95. The molecule has 0 unspecified atom stereocenters. The lowest BCUT2D eigenvalue weighted by Crippen LogP contribution is -2.19. The van der Waals surface area contributed by atoms with E-state index in [0.29, 0.717) is 44.3 Å². The van der Waals surface area contributed by atoms with E-state index < -0.39 is 4.92 Å². The van der Waals surface area contributed by atoms with E-state index in [2.05, 4.69) is 10.3 Å². The lowest BCUT2D eigenvalue weighted by molar-refractivity contribution is -0.385. The first-order chi connectivity index (χ1) is 13.8.